The predicted molar refractivity (Wildman–Crippen MR) is 50.0 cm³/mol. The minimum Gasteiger partial charge on any atom is -0.396 e. The molecule has 1 aliphatic rings. The summed E-state index contributed by atoms with van der Waals surface area (Å²) in [6, 6.07) is 0. The molecule has 0 saturated carbocycles. The zero-order chi connectivity index (χ0) is 11.6. The lowest BCUT2D eigenvalue weighted by Gasteiger charge is -2.46. The fourth-order valence-corrected chi connectivity index (χ4v) is 1.94. The van der Waals surface area contributed by atoms with Crippen LogP contribution in [0.3, 0.4) is 0 Å². The van der Waals surface area contributed by atoms with Gasteiger partial charge in [0.25, 0.3) is 0 Å². The van der Waals surface area contributed by atoms with Crippen LogP contribution in [-0.2, 0) is 9.47 Å². The first-order valence-electron chi connectivity index (χ1n) is 4.80. The van der Waals surface area contributed by atoms with E-state index in [9.17, 15) is 10.2 Å². The van der Waals surface area contributed by atoms with Crippen molar-refractivity contribution in [2.24, 2.45) is 5.92 Å². The van der Waals surface area contributed by atoms with Gasteiger partial charge in [0, 0.05) is 7.11 Å². The minimum atomic E-state index is -1.67. The van der Waals surface area contributed by atoms with Crippen molar-refractivity contribution in [3.63, 3.8) is 0 Å². The molecule has 0 amide bonds. The molecule has 6 nitrogen and oxygen atoms in total. The Balaban J connectivity index is 2.87. The fourth-order valence-electron chi connectivity index (χ4n) is 1.94. The summed E-state index contributed by atoms with van der Waals surface area (Å²) in [6.07, 6.45) is -2.64. The van der Waals surface area contributed by atoms with Crippen LogP contribution < -0.4 is 0 Å². The van der Waals surface area contributed by atoms with Crippen molar-refractivity contribution in [3.05, 3.63) is 0 Å². The molecule has 5 atom stereocenters. The van der Waals surface area contributed by atoms with Gasteiger partial charge in [0.15, 0.2) is 5.79 Å². The molecule has 0 bridgehead atoms. The van der Waals surface area contributed by atoms with Gasteiger partial charge in [0.2, 0.25) is 0 Å². The Morgan fingerprint density at radius 2 is 1.93 bits per heavy atom. The molecule has 1 heterocycles. The Morgan fingerprint density at radius 3 is 2.33 bits per heavy atom. The molecule has 1 saturated heterocycles. The molecular formula is C9H18O6. The molecule has 0 aromatic heterocycles. The first-order chi connectivity index (χ1) is 6.97. The van der Waals surface area contributed by atoms with E-state index in [0.717, 1.165) is 0 Å². The van der Waals surface area contributed by atoms with Crippen LogP contribution in [0.15, 0.2) is 0 Å². The summed E-state index contributed by atoms with van der Waals surface area (Å²) >= 11 is 0. The van der Waals surface area contributed by atoms with Crippen molar-refractivity contribution in [2.45, 2.75) is 31.0 Å². The van der Waals surface area contributed by atoms with Crippen LogP contribution in [0.2, 0.25) is 0 Å². The quantitative estimate of drug-likeness (QED) is 0.444. The standard InChI is InChI=1S/C9H18O6/c1-9(13)5(3-10)7(12)8(14-2)6(4-11)15-9/h5-8,10-13H,3-4H2,1-2H3/t5?,6?,7?,8-,9?/m0/s1. The van der Waals surface area contributed by atoms with Gasteiger partial charge in [0.05, 0.1) is 25.2 Å². The third kappa shape index (κ3) is 2.30. The maximum Gasteiger partial charge on any atom is 0.170 e. The summed E-state index contributed by atoms with van der Waals surface area (Å²) in [5.74, 6) is -2.53. The molecule has 0 radical (unpaired) electrons. The summed E-state index contributed by atoms with van der Waals surface area (Å²) in [5, 5.41) is 37.7. The second-order valence-corrected chi connectivity index (χ2v) is 3.87. The summed E-state index contributed by atoms with van der Waals surface area (Å²) < 4.78 is 10.1. The number of ether oxygens (including phenoxy) is 2. The van der Waals surface area contributed by atoms with Crippen molar-refractivity contribution in [3.8, 4) is 0 Å². The molecule has 6 heteroatoms. The van der Waals surface area contributed by atoms with E-state index in [2.05, 4.69) is 0 Å². The summed E-state index contributed by atoms with van der Waals surface area (Å²) in [4.78, 5) is 0. The van der Waals surface area contributed by atoms with E-state index < -0.39 is 36.6 Å². The van der Waals surface area contributed by atoms with Crippen molar-refractivity contribution in [2.75, 3.05) is 20.3 Å². The van der Waals surface area contributed by atoms with Gasteiger partial charge in [-0.25, -0.2) is 0 Å². The average Bonchev–Trinajstić information content (AvgIpc) is 2.16. The monoisotopic (exact) mass is 222 g/mol. The van der Waals surface area contributed by atoms with Gasteiger partial charge < -0.3 is 29.9 Å². The van der Waals surface area contributed by atoms with Gasteiger partial charge in [-0.1, -0.05) is 0 Å². The van der Waals surface area contributed by atoms with Crippen LogP contribution in [0.4, 0.5) is 0 Å². The Labute approximate surface area is 88.1 Å². The second-order valence-electron chi connectivity index (χ2n) is 3.87. The van der Waals surface area contributed by atoms with E-state index in [1.807, 2.05) is 0 Å². The number of rotatable bonds is 3. The van der Waals surface area contributed by atoms with E-state index >= 15 is 0 Å². The molecule has 0 aromatic rings. The third-order valence-electron chi connectivity index (χ3n) is 2.84. The van der Waals surface area contributed by atoms with Gasteiger partial charge in [-0.15, -0.1) is 0 Å². The Hall–Kier alpha value is -0.240. The number of hydrogen-bond donors (Lipinski definition) is 4. The molecule has 0 aliphatic carbocycles. The number of aliphatic hydroxyl groups is 4. The van der Waals surface area contributed by atoms with E-state index in [1.165, 1.54) is 14.0 Å². The topological polar surface area (TPSA) is 99.4 Å². The maximum atomic E-state index is 9.83. The number of aliphatic hydroxyl groups excluding tert-OH is 3. The molecule has 4 unspecified atom stereocenters. The predicted octanol–water partition coefficient (Wildman–Crippen LogP) is -1.93. The van der Waals surface area contributed by atoms with Crippen molar-refractivity contribution in [1.29, 1.82) is 0 Å². The Morgan fingerprint density at radius 1 is 1.33 bits per heavy atom. The van der Waals surface area contributed by atoms with Crippen molar-refractivity contribution < 1.29 is 29.9 Å². The highest BCUT2D eigenvalue weighted by atomic mass is 16.7. The van der Waals surface area contributed by atoms with Gasteiger partial charge in [-0.2, -0.15) is 0 Å². The van der Waals surface area contributed by atoms with Crippen LogP contribution in [0.5, 0.6) is 0 Å². The zero-order valence-electron chi connectivity index (χ0n) is 8.83. The average molecular weight is 222 g/mol. The van der Waals surface area contributed by atoms with E-state index in [0.29, 0.717) is 0 Å². The first kappa shape index (κ1) is 12.8. The molecule has 1 rings (SSSR count). The van der Waals surface area contributed by atoms with Gasteiger partial charge >= 0.3 is 0 Å². The maximum absolute atomic E-state index is 9.83. The van der Waals surface area contributed by atoms with Gasteiger partial charge in [-0.3, -0.25) is 0 Å². The van der Waals surface area contributed by atoms with Crippen LogP contribution in [0.1, 0.15) is 6.92 Å². The third-order valence-corrected chi connectivity index (χ3v) is 2.84. The molecule has 0 spiro atoms. The fraction of sp³-hybridized carbons (Fsp3) is 1.00. The summed E-state index contributed by atoms with van der Waals surface area (Å²) in [5.41, 5.74) is 0. The van der Waals surface area contributed by atoms with Crippen molar-refractivity contribution >= 4 is 0 Å². The normalized spacial score (nSPS) is 46.8. The molecular weight excluding hydrogens is 204 g/mol. The second kappa shape index (κ2) is 4.73. The van der Waals surface area contributed by atoms with Crippen LogP contribution >= 0.6 is 0 Å². The molecule has 90 valence electrons. The summed E-state index contributed by atoms with van der Waals surface area (Å²) in [6.45, 7) is 0.543. The van der Waals surface area contributed by atoms with Crippen LogP contribution in [-0.4, -0.2) is 64.8 Å². The van der Waals surface area contributed by atoms with E-state index in [1.54, 1.807) is 0 Å². The minimum absolute atomic E-state index is 0.371. The SMILES string of the molecule is CO[C@H]1C(CO)OC(C)(O)C(CO)C1O. The lowest BCUT2D eigenvalue weighted by molar-refractivity contribution is -0.333. The molecule has 15 heavy (non-hydrogen) atoms. The Bertz CT molecular complexity index is 207. The summed E-state index contributed by atoms with van der Waals surface area (Å²) in [7, 11) is 1.37. The number of methoxy groups -OCH3 is 1. The van der Waals surface area contributed by atoms with Crippen molar-refractivity contribution in [1.82, 2.24) is 0 Å². The lowest BCUT2D eigenvalue weighted by atomic mass is 9.85. The Kier molecular flexibility index (Phi) is 4.05. The molecule has 4 N–H and O–H groups in total. The smallest absolute Gasteiger partial charge is 0.170 e. The van der Waals surface area contributed by atoms with E-state index in [-0.39, 0.29) is 6.61 Å². The van der Waals surface area contributed by atoms with E-state index in [4.69, 9.17) is 19.7 Å². The van der Waals surface area contributed by atoms with Gasteiger partial charge in [0.1, 0.15) is 12.2 Å². The van der Waals surface area contributed by atoms with Crippen LogP contribution in [0.25, 0.3) is 0 Å². The molecule has 1 aliphatic heterocycles. The number of hydrogen-bond acceptors (Lipinski definition) is 6. The molecule has 0 aromatic carbocycles. The highest BCUT2D eigenvalue weighted by Gasteiger charge is 2.50. The zero-order valence-corrected chi connectivity index (χ0v) is 8.83. The first-order valence-corrected chi connectivity index (χ1v) is 4.80. The highest BCUT2D eigenvalue weighted by Crippen LogP contribution is 2.33. The van der Waals surface area contributed by atoms with Crippen LogP contribution in [0, 0.1) is 5.92 Å². The highest BCUT2D eigenvalue weighted by molar-refractivity contribution is 4.94. The largest absolute Gasteiger partial charge is 0.396 e. The van der Waals surface area contributed by atoms with Gasteiger partial charge in [-0.05, 0) is 6.92 Å². The lowest BCUT2D eigenvalue weighted by Crippen LogP contribution is -2.62. The molecule has 1 fully saturated rings.